The highest BCUT2D eigenvalue weighted by Crippen LogP contribution is 2.31. The first kappa shape index (κ1) is 28.7. The fourth-order valence-corrected chi connectivity index (χ4v) is 3.30. The van der Waals surface area contributed by atoms with Crippen LogP contribution in [0.3, 0.4) is 0 Å². The highest BCUT2D eigenvalue weighted by molar-refractivity contribution is 5.89. The van der Waals surface area contributed by atoms with Gasteiger partial charge in [0.05, 0.1) is 11.7 Å². The number of phenols is 2. The molecule has 7 nitrogen and oxygen atoms in total. The Morgan fingerprint density at radius 1 is 0.941 bits per heavy atom. The van der Waals surface area contributed by atoms with Gasteiger partial charge in [0, 0.05) is 11.1 Å². The molecule has 34 heavy (non-hydrogen) atoms. The van der Waals surface area contributed by atoms with Crippen molar-refractivity contribution in [3.63, 3.8) is 0 Å². The Hall–Kier alpha value is -3.32. The fraction of sp³-hybridized carbons (Fsp3) is 0.407. The molecule has 0 bridgehead atoms. The summed E-state index contributed by atoms with van der Waals surface area (Å²) in [6.45, 7) is 9.33. The first-order valence-corrected chi connectivity index (χ1v) is 11.3. The lowest BCUT2D eigenvalue weighted by Crippen LogP contribution is -2.10. The van der Waals surface area contributed by atoms with Gasteiger partial charge in [-0.3, -0.25) is 0 Å². The van der Waals surface area contributed by atoms with Gasteiger partial charge in [0.25, 0.3) is 0 Å². The molecule has 0 aromatic heterocycles. The Bertz CT molecular complexity index is 983. The summed E-state index contributed by atoms with van der Waals surface area (Å²) < 4.78 is 0. The van der Waals surface area contributed by atoms with Gasteiger partial charge in [-0.05, 0) is 77.8 Å². The maximum Gasteiger partial charge on any atom is 0.335 e. The van der Waals surface area contributed by atoms with Gasteiger partial charge in [0.15, 0.2) is 11.5 Å². The highest BCUT2D eigenvalue weighted by Gasteiger charge is 2.13. The molecule has 1 unspecified atom stereocenters. The third kappa shape index (κ3) is 10.1. The summed E-state index contributed by atoms with van der Waals surface area (Å²) in [5, 5.41) is 47.9. The number of phenolic OH excluding ortho intramolecular Hbond substituents is 2. The lowest BCUT2D eigenvalue weighted by Gasteiger charge is -2.10. The summed E-state index contributed by atoms with van der Waals surface area (Å²) >= 11 is 0. The molecule has 186 valence electrons. The highest BCUT2D eigenvalue weighted by atomic mass is 16.4. The number of hydrogen-bond acceptors (Lipinski definition) is 5. The Morgan fingerprint density at radius 3 is 2.09 bits per heavy atom. The van der Waals surface area contributed by atoms with Crippen LogP contribution in [0.15, 0.2) is 59.2 Å². The maximum absolute atomic E-state index is 11.4. The molecule has 1 aromatic rings. The number of aliphatic carboxylic acids is 1. The van der Waals surface area contributed by atoms with E-state index in [1.54, 1.807) is 13.0 Å². The van der Waals surface area contributed by atoms with Crippen LogP contribution >= 0.6 is 0 Å². The number of aliphatic hydroxyl groups excluding tert-OH is 1. The molecule has 1 aromatic carbocycles. The molecular weight excluding hydrogens is 436 g/mol. The normalized spacial score (nSPS) is 13.6. The molecule has 0 radical (unpaired) electrons. The Labute approximate surface area is 201 Å². The summed E-state index contributed by atoms with van der Waals surface area (Å²) in [5.41, 5.74) is 3.40. The number of carbonyl (C=O) groups is 2. The second-order valence-electron chi connectivity index (χ2n) is 8.63. The SMILES string of the molecule is C=C(C)C(O)CCC(=CCCC(C)=CCCC(C)=CCc1cc(C(=O)O)cc(O)c1O)C(=O)O. The van der Waals surface area contributed by atoms with Crippen molar-refractivity contribution in [1.82, 2.24) is 0 Å². The molecule has 7 heteroatoms. The number of aromatic hydroxyl groups is 2. The number of aromatic carboxylic acids is 1. The van der Waals surface area contributed by atoms with Crippen LogP contribution in [0.1, 0.15) is 75.2 Å². The van der Waals surface area contributed by atoms with Gasteiger partial charge in [-0.1, -0.05) is 41.5 Å². The number of carboxylic acids is 2. The van der Waals surface area contributed by atoms with E-state index in [1.165, 1.54) is 6.07 Å². The van der Waals surface area contributed by atoms with Crippen LogP contribution in [0.2, 0.25) is 0 Å². The summed E-state index contributed by atoms with van der Waals surface area (Å²) in [6, 6.07) is 2.37. The number of allylic oxidation sites excluding steroid dienone is 5. The molecule has 1 atom stereocenters. The largest absolute Gasteiger partial charge is 0.504 e. The molecule has 0 spiro atoms. The van der Waals surface area contributed by atoms with E-state index in [9.17, 15) is 30.0 Å². The van der Waals surface area contributed by atoms with Crippen molar-refractivity contribution in [2.24, 2.45) is 0 Å². The maximum atomic E-state index is 11.4. The van der Waals surface area contributed by atoms with Crippen molar-refractivity contribution in [3.05, 3.63) is 70.4 Å². The van der Waals surface area contributed by atoms with Crippen molar-refractivity contribution >= 4 is 11.9 Å². The number of rotatable bonds is 14. The van der Waals surface area contributed by atoms with Crippen LogP contribution in [0.25, 0.3) is 0 Å². The Balaban J connectivity index is 2.58. The van der Waals surface area contributed by atoms with E-state index in [0.29, 0.717) is 42.4 Å². The van der Waals surface area contributed by atoms with Crippen molar-refractivity contribution < 1.29 is 35.1 Å². The lowest BCUT2D eigenvalue weighted by molar-refractivity contribution is -0.132. The quantitative estimate of drug-likeness (QED) is 0.137. The summed E-state index contributed by atoms with van der Waals surface area (Å²) in [4.78, 5) is 22.5. The second-order valence-corrected chi connectivity index (χ2v) is 8.63. The Kier molecular flexibility index (Phi) is 11.9. The third-order valence-electron chi connectivity index (χ3n) is 5.58. The van der Waals surface area contributed by atoms with Gasteiger partial charge in [-0.25, -0.2) is 9.59 Å². The first-order chi connectivity index (χ1) is 15.9. The van der Waals surface area contributed by atoms with Crippen molar-refractivity contribution in [3.8, 4) is 11.5 Å². The first-order valence-electron chi connectivity index (χ1n) is 11.3. The molecule has 0 saturated heterocycles. The molecule has 5 N–H and O–H groups in total. The van der Waals surface area contributed by atoms with E-state index in [0.717, 1.165) is 36.5 Å². The standard InChI is InChI=1S/C27H36O7/c1-17(2)23(28)14-13-20(26(31)32)10-6-9-18(3)7-5-8-19(4)11-12-21-15-22(27(33)34)16-24(29)25(21)30/h7,10-11,15-16,23,28-30H,1,5-6,8-9,12-14H2,2-4H3,(H,31,32)(H,33,34). The average Bonchev–Trinajstić information content (AvgIpc) is 2.76. The number of carboxylic acid groups (broad SMARTS) is 2. The molecule has 0 aliphatic carbocycles. The van der Waals surface area contributed by atoms with Gasteiger partial charge in [0.1, 0.15) is 0 Å². The summed E-state index contributed by atoms with van der Waals surface area (Å²) in [7, 11) is 0. The van der Waals surface area contributed by atoms with E-state index >= 15 is 0 Å². The van der Waals surface area contributed by atoms with Crippen LogP contribution in [0, 0.1) is 0 Å². The smallest absolute Gasteiger partial charge is 0.335 e. The zero-order valence-corrected chi connectivity index (χ0v) is 20.2. The van der Waals surface area contributed by atoms with Crippen LogP contribution in [-0.2, 0) is 11.2 Å². The van der Waals surface area contributed by atoms with Crippen LogP contribution < -0.4 is 0 Å². The average molecular weight is 473 g/mol. The molecule has 0 amide bonds. The monoisotopic (exact) mass is 472 g/mol. The van der Waals surface area contributed by atoms with Gasteiger partial charge in [-0.15, -0.1) is 0 Å². The number of aliphatic hydroxyl groups is 1. The molecular formula is C27H36O7. The van der Waals surface area contributed by atoms with E-state index in [4.69, 9.17) is 5.11 Å². The minimum Gasteiger partial charge on any atom is -0.504 e. The minimum atomic E-state index is -1.17. The van der Waals surface area contributed by atoms with Crippen LogP contribution in [0.4, 0.5) is 0 Å². The van der Waals surface area contributed by atoms with Crippen molar-refractivity contribution in [2.45, 2.75) is 71.8 Å². The van der Waals surface area contributed by atoms with Crippen LogP contribution in [-0.4, -0.2) is 43.6 Å². The van der Waals surface area contributed by atoms with Crippen molar-refractivity contribution in [2.75, 3.05) is 0 Å². The van der Waals surface area contributed by atoms with Crippen LogP contribution in [0.5, 0.6) is 11.5 Å². The predicted octanol–water partition coefficient (Wildman–Crippen LogP) is 5.52. The predicted molar refractivity (Wildman–Crippen MR) is 132 cm³/mol. The second kappa shape index (κ2) is 14.1. The summed E-state index contributed by atoms with van der Waals surface area (Å²) in [5.74, 6) is -2.91. The summed E-state index contributed by atoms with van der Waals surface area (Å²) in [6.07, 6.45) is 8.85. The topological polar surface area (TPSA) is 135 Å². The van der Waals surface area contributed by atoms with E-state index in [1.807, 2.05) is 19.9 Å². The van der Waals surface area contributed by atoms with E-state index in [2.05, 4.69) is 12.7 Å². The fourth-order valence-electron chi connectivity index (χ4n) is 3.30. The van der Waals surface area contributed by atoms with Gasteiger partial charge in [0.2, 0.25) is 0 Å². The Morgan fingerprint density at radius 2 is 1.53 bits per heavy atom. The van der Waals surface area contributed by atoms with Gasteiger partial charge in [-0.2, -0.15) is 0 Å². The van der Waals surface area contributed by atoms with Gasteiger partial charge < -0.3 is 25.5 Å². The van der Waals surface area contributed by atoms with Gasteiger partial charge >= 0.3 is 11.9 Å². The molecule has 0 heterocycles. The zero-order valence-electron chi connectivity index (χ0n) is 20.2. The zero-order chi connectivity index (χ0) is 25.8. The van der Waals surface area contributed by atoms with E-state index < -0.39 is 23.8 Å². The van der Waals surface area contributed by atoms with Crippen molar-refractivity contribution in [1.29, 1.82) is 0 Å². The van der Waals surface area contributed by atoms with E-state index in [-0.39, 0.29) is 11.3 Å². The molecule has 0 aliphatic rings. The molecule has 0 aliphatic heterocycles. The molecule has 1 rings (SSSR count). The number of hydrogen-bond donors (Lipinski definition) is 5. The number of benzene rings is 1. The minimum absolute atomic E-state index is 0.0815. The molecule has 0 saturated carbocycles. The lowest BCUT2D eigenvalue weighted by atomic mass is 10.0. The third-order valence-corrected chi connectivity index (χ3v) is 5.58. The molecule has 0 fully saturated rings.